The Balaban J connectivity index is 2.07. The highest BCUT2D eigenvalue weighted by atomic mass is 32.2. The molecule has 0 aliphatic carbocycles. The normalized spacial score (nSPS) is 12.8. The summed E-state index contributed by atoms with van der Waals surface area (Å²) < 4.78 is 6.74. The fraction of sp³-hybridized carbons (Fsp3) is 0.158. The van der Waals surface area contributed by atoms with Crippen LogP contribution in [0.1, 0.15) is 10.4 Å². The Morgan fingerprint density at radius 3 is 2.76 bits per heavy atom. The zero-order valence-corrected chi connectivity index (χ0v) is 15.2. The molecule has 1 aliphatic rings. The molecular formula is C19H15NO3S2. The number of hydrogen-bond acceptors (Lipinski definition) is 5. The average molecular weight is 369 g/mol. The molecule has 1 aliphatic heterocycles. The predicted molar refractivity (Wildman–Crippen MR) is 102 cm³/mol. The summed E-state index contributed by atoms with van der Waals surface area (Å²) in [4.78, 5) is 27.7. The zero-order valence-electron chi connectivity index (χ0n) is 13.5. The molecule has 4 rings (SSSR count). The van der Waals surface area contributed by atoms with Gasteiger partial charge in [0.2, 0.25) is 0 Å². The van der Waals surface area contributed by atoms with Crippen molar-refractivity contribution < 1.29 is 9.53 Å². The second-order valence-corrected chi connectivity index (χ2v) is 7.65. The molecule has 126 valence electrons. The number of fused-ring (bicyclic) bond motifs is 3. The van der Waals surface area contributed by atoms with Crippen LogP contribution in [0.5, 0.6) is 0 Å². The first-order valence-electron chi connectivity index (χ1n) is 7.83. The van der Waals surface area contributed by atoms with E-state index in [1.54, 1.807) is 33.7 Å². The number of thiophene rings is 1. The molecule has 0 bridgehead atoms. The topological polar surface area (TPSA) is 48.3 Å². The lowest BCUT2D eigenvalue weighted by atomic mass is 10.0. The van der Waals surface area contributed by atoms with Crippen molar-refractivity contribution in [1.29, 1.82) is 0 Å². The van der Waals surface area contributed by atoms with Crippen molar-refractivity contribution in [3.63, 3.8) is 0 Å². The Kier molecular flexibility index (Phi) is 4.23. The second-order valence-electron chi connectivity index (χ2n) is 5.60. The van der Waals surface area contributed by atoms with Crippen LogP contribution >= 0.6 is 23.1 Å². The van der Waals surface area contributed by atoms with Crippen molar-refractivity contribution in [3.8, 4) is 21.7 Å². The highest BCUT2D eigenvalue weighted by molar-refractivity contribution is 7.99. The van der Waals surface area contributed by atoms with Crippen LogP contribution in [0.2, 0.25) is 0 Å². The first-order chi connectivity index (χ1) is 12.2. The molecule has 0 fully saturated rings. The summed E-state index contributed by atoms with van der Waals surface area (Å²) in [7, 11) is 1.37. The van der Waals surface area contributed by atoms with E-state index in [9.17, 15) is 9.59 Å². The number of thioether (sulfide) groups is 1. The van der Waals surface area contributed by atoms with E-state index >= 15 is 0 Å². The molecule has 0 atom stereocenters. The van der Waals surface area contributed by atoms with Gasteiger partial charge in [-0.3, -0.25) is 4.79 Å². The van der Waals surface area contributed by atoms with Crippen molar-refractivity contribution >= 4 is 29.1 Å². The van der Waals surface area contributed by atoms with E-state index in [1.165, 1.54) is 7.11 Å². The summed E-state index contributed by atoms with van der Waals surface area (Å²) in [6, 6.07) is 13.2. The molecule has 0 unspecified atom stereocenters. The summed E-state index contributed by atoms with van der Waals surface area (Å²) in [5, 5.41) is 1.99. The maximum atomic E-state index is 13.2. The molecule has 6 heteroatoms. The number of rotatable bonds is 2. The number of methoxy groups -OCH3 is 1. The van der Waals surface area contributed by atoms with Crippen LogP contribution in [0.4, 0.5) is 0 Å². The summed E-state index contributed by atoms with van der Waals surface area (Å²) in [6.45, 7) is 0.560. The molecule has 0 saturated carbocycles. The van der Waals surface area contributed by atoms with E-state index in [2.05, 4.69) is 0 Å². The number of esters is 1. The van der Waals surface area contributed by atoms with Gasteiger partial charge in [0, 0.05) is 22.8 Å². The smallest absolute Gasteiger partial charge is 0.340 e. The SMILES string of the molecule is COC(=O)c1cc(-c2ccccc2)c(=O)n2c1-c1sccc1SCC2. The number of aromatic nitrogens is 1. The van der Waals surface area contributed by atoms with Gasteiger partial charge >= 0.3 is 5.97 Å². The number of pyridine rings is 1. The van der Waals surface area contributed by atoms with Gasteiger partial charge < -0.3 is 9.30 Å². The first-order valence-corrected chi connectivity index (χ1v) is 9.69. The lowest BCUT2D eigenvalue weighted by molar-refractivity contribution is 0.0601. The molecule has 25 heavy (non-hydrogen) atoms. The average Bonchev–Trinajstić information content (AvgIpc) is 3.03. The van der Waals surface area contributed by atoms with E-state index < -0.39 is 5.97 Å². The minimum absolute atomic E-state index is 0.0734. The minimum Gasteiger partial charge on any atom is -0.465 e. The fourth-order valence-electron chi connectivity index (χ4n) is 3.05. The van der Waals surface area contributed by atoms with Crippen molar-refractivity contribution in [2.24, 2.45) is 0 Å². The number of carbonyl (C=O) groups is 1. The van der Waals surface area contributed by atoms with Gasteiger partial charge in [-0.1, -0.05) is 30.3 Å². The van der Waals surface area contributed by atoms with Gasteiger partial charge in [0.15, 0.2) is 0 Å². The van der Waals surface area contributed by atoms with Crippen molar-refractivity contribution in [2.75, 3.05) is 12.9 Å². The molecule has 0 N–H and O–H groups in total. The van der Waals surface area contributed by atoms with Gasteiger partial charge in [-0.05, 0) is 23.1 Å². The number of benzene rings is 1. The van der Waals surface area contributed by atoms with Gasteiger partial charge in [-0.2, -0.15) is 0 Å². The predicted octanol–water partition coefficient (Wildman–Crippen LogP) is 4.14. The second kappa shape index (κ2) is 6.54. The molecule has 0 spiro atoms. The highest BCUT2D eigenvalue weighted by Crippen LogP contribution is 2.40. The first kappa shape index (κ1) is 16.2. The molecule has 0 radical (unpaired) electrons. The minimum atomic E-state index is -0.424. The number of carbonyl (C=O) groups excluding carboxylic acids is 1. The Morgan fingerprint density at radius 1 is 1.20 bits per heavy atom. The van der Waals surface area contributed by atoms with Gasteiger partial charge in [0.05, 0.1) is 23.2 Å². The van der Waals surface area contributed by atoms with Crippen LogP contribution in [-0.4, -0.2) is 23.4 Å². The lowest BCUT2D eigenvalue weighted by Crippen LogP contribution is -2.26. The highest BCUT2D eigenvalue weighted by Gasteiger charge is 2.26. The van der Waals surface area contributed by atoms with Crippen LogP contribution in [0, 0.1) is 0 Å². The zero-order chi connectivity index (χ0) is 17.4. The molecule has 0 saturated heterocycles. The molecule has 1 aromatic carbocycles. The monoisotopic (exact) mass is 369 g/mol. The van der Waals surface area contributed by atoms with Crippen LogP contribution in [0.3, 0.4) is 0 Å². The summed E-state index contributed by atoms with van der Waals surface area (Å²) in [5.74, 6) is 0.363. The van der Waals surface area contributed by atoms with Gasteiger partial charge in [-0.15, -0.1) is 23.1 Å². The summed E-state index contributed by atoms with van der Waals surface area (Å²) in [5.41, 5.74) is 2.36. The van der Waals surface area contributed by atoms with Crippen LogP contribution in [-0.2, 0) is 11.3 Å². The Hall–Kier alpha value is -2.31. The van der Waals surface area contributed by atoms with Crippen molar-refractivity contribution in [2.45, 2.75) is 11.4 Å². The van der Waals surface area contributed by atoms with Gasteiger partial charge in [0.1, 0.15) is 0 Å². The van der Waals surface area contributed by atoms with Crippen LogP contribution in [0.25, 0.3) is 21.7 Å². The molecule has 3 heterocycles. The number of hydrogen-bond donors (Lipinski definition) is 0. The fourth-order valence-corrected chi connectivity index (χ4v) is 5.20. The molecule has 0 amide bonds. The van der Waals surface area contributed by atoms with E-state index in [-0.39, 0.29) is 5.56 Å². The lowest BCUT2D eigenvalue weighted by Gasteiger charge is -2.16. The van der Waals surface area contributed by atoms with Gasteiger partial charge in [0.25, 0.3) is 5.56 Å². The third-order valence-corrected chi connectivity index (χ3v) is 6.28. The molecular weight excluding hydrogens is 354 g/mol. The number of nitrogens with zero attached hydrogens (tertiary/aromatic N) is 1. The molecule has 2 aromatic heterocycles. The molecule has 3 aromatic rings. The molecule has 4 nitrogen and oxygen atoms in total. The Labute approximate surface area is 153 Å². The largest absolute Gasteiger partial charge is 0.465 e. The van der Waals surface area contributed by atoms with E-state index in [1.807, 2.05) is 41.8 Å². The van der Waals surface area contributed by atoms with E-state index in [4.69, 9.17) is 4.74 Å². The third-order valence-electron chi connectivity index (χ3n) is 4.20. The Bertz CT molecular complexity index is 1010. The maximum Gasteiger partial charge on any atom is 0.340 e. The third kappa shape index (κ3) is 2.71. The van der Waals surface area contributed by atoms with Crippen molar-refractivity contribution in [1.82, 2.24) is 4.57 Å². The van der Waals surface area contributed by atoms with E-state index in [0.717, 1.165) is 21.1 Å². The Morgan fingerprint density at radius 2 is 2.00 bits per heavy atom. The van der Waals surface area contributed by atoms with Gasteiger partial charge in [-0.25, -0.2) is 4.79 Å². The van der Waals surface area contributed by atoms with Crippen molar-refractivity contribution in [3.05, 3.63) is 63.8 Å². The van der Waals surface area contributed by atoms with Crippen LogP contribution in [0.15, 0.2) is 57.5 Å². The summed E-state index contributed by atoms with van der Waals surface area (Å²) in [6.07, 6.45) is 0. The summed E-state index contributed by atoms with van der Waals surface area (Å²) >= 11 is 3.26. The maximum absolute atomic E-state index is 13.2. The van der Waals surface area contributed by atoms with Crippen LogP contribution < -0.4 is 5.56 Å². The van der Waals surface area contributed by atoms with E-state index in [0.29, 0.717) is 23.4 Å². The standard InChI is InChI=1S/C19H15NO3S2/c1-23-19(22)14-11-13(12-5-3-2-4-6-12)18(21)20-8-10-24-15-7-9-25-17(15)16(14)20/h2-7,9,11H,8,10H2,1H3. The quantitative estimate of drug-likeness (QED) is 0.637. The number of ether oxygens (including phenoxy) is 1.